The van der Waals surface area contributed by atoms with E-state index in [1.165, 1.54) is 5.56 Å². The summed E-state index contributed by atoms with van der Waals surface area (Å²) >= 11 is 0. The van der Waals surface area contributed by atoms with Gasteiger partial charge in [-0.3, -0.25) is 4.79 Å². The smallest absolute Gasteiger partial charge is 0.188 e. The molecule has 1 atom stereocenters. The first-order valence-electron chi connectivity index (χ1n) is 6.72. The Morgan fingerprint density at radius 3 is 2.61 bits per heavy atom. The van der Waals surface area contributed by atoms with Gasteiger partial charge in [-0.15, -0.1) is 0 Å². The van der Waals surface area contributed by atoms with Gasteiger partial charge in [-0.05, 0) is 43.4 Å². The van der Waals surface area contributed by atoms with E-state index in [1.807, 2.05) is 32.0 Å². The van der Waals surface area contributed by atoms with E-state index in [0.29, 0.717) is 12.5 Å². The lowest BCUT2D eigenvalue weighted by atomic mass is 10.0. The van der Waals surface area contributed by atoms with Gasteiger partial charge in [0.15, 0.2) is 5.78 Å². The van der Waals surface area contributed by atoms with Crippen molar-refractivity contribution in [2.75, 3.05) is 13.2 Å². The van der Waals surface area contributed by atoms with Crippen molar-refractivity contribution in [1.82, 2.24) is 0 Å². The third-order valence-electron chi connectivity index (χ3n) is 3.25. The predicted molar refractivity (Wildman–Crippen MR) is 75.1 cm³/mol. The maximum absolute atomic E-state index is 11.9. The summed E-state index contributed by atoms with van der Waals surface area (Å²) in [7, 11) is 0. The highest BCUT2D eigenvalue weighted by Crippen LogP contribution is 2.11. The second-order valence-electron chi connectivity index (χ2n) is 5.13. The topological polar surface area (TPSA) is 26.3 Å². The highest BCUT2D eigenvalue weighted by molar-refractivity contribution is 5.97. The fourth-order valence-corrected chi connectivity index (χ4v) is 1.93. The van der Waals surface area contributed by atoms with E-state index < -0.39 is 0 Å². The van der Waals surface area contributed by atoms with Crippen molar-refractivity contribution in [2.24, 2.45) is 5.92 Å². The van der Waals surface area contributed by atoms with Gasteiger partial charge in [-0.2, -0.15) is 0 Å². The van der Waals surface area contributed by atoms with Crippen LogP contribution in [0.3, 0.4) is 0 Å². The van der Waals surface area contributed by atoms with Crippen LogP contribution in [0.2, 0.25) is 0 Å². The van der Waals surface area contributed by atoms with Crippen LogP contribution < -0.4 is 0 Å². The number of Topliss-reactive ketones (excluding diaryl/α,β-unsaturated/α-hetero) is 1. The molecular weight excluding hydrogens is 224 g/mol. The van der Waals surface area contributed by atoms with Crippen LogP contribution in [0.5, 0.6) is 0 Å². The maximum atomic E-state index is 11.9. The summed E-state index contributed by atoms with van der Waals surface area (Å²) in [5, 5.41) is 0. The molecule has 100 valence electrons. The summed E-state index contributed by atoms with van der Waals surface area (Å²) in [6, 6.07) is 5.81. The third-order valence-corrected chi connectivity index (χ3v) is 3.25. The SMILES string of the molecule is CCCC(C)COCC(=O)c1ccc(C)c(C)c1. The number of ether oxygens (including phenoxy) is 1. The Kier molecular flexibility index (Phi) is 6.06. The molecule has 1 rings (SSSR count). The lowest BCUT2D eigenvalue weighted by Crippen LogP contribution is -2.13. The molecule has 0 bridgehead atoms. The minimum absolute atomic E-state index is 0.0711. The molecule has 0 saturated heterocycles. The quantitative estimate of drug-likeness (QED) is 0.683. The van der Waals surface area contributed by atoms with Gasteiger partial charge < -0.3 is 4.74 Å². The van der Waals surface area contributed by atoms with Crippen LogP contribution in [0.4, 0.5) is 0 Å². The van der Waals surface area contributed by atoms with E-state index in [2.05, 4.69) is 13.8 Å². The van der Waals surface area contributed by atoms with E-state index in [4.69, 9.17) is 4.74 Å². The molecule has 0 radical (unpaired) electrons. The van der Waals surface area contributed by atoms with Crippen molar-refractivity contribution in [3.63, 3.8) is 0 Å². The average Bonchev–Trinajstić information content (AvgIpc) is 2.33. The minimum Gasteiger partial charge on any atom is -0.373 e. The van der Waals surface area contributed by atoms with Gasteiger partial charge in [0, 0.05) is 12.2 Å². The minimum atomic E-state index is 0.0711. The monoisotopic (exact) mass is 248 g/mol. The number of rotatable bonds is 7. The first-order valence-corrected chi connectivity index (χ1v) is 6.72. The van der Waals surface area contributed by atoms with Crippen LogP contribution >= 0.6 is 0 Å². The normalized spacial score (nSPS) is 12.4. The second kappa shape index (κ2) is 7.32. The van der Waals surface area contributed by atoms with E-state index in [1.54, 1.807) is 0 Å². The van der Waals surface area contributed by atoms with Gasteiger partial charge in [-0.25, -0.2) is 0 Å². The highest BCUT2D eigenvalue weighted by Gasteiger charge is 2.08. The van der Waals surface area contributed by atoms with Crippen molar-refractivity contribution >= 4 is 5.78 Å². The van der Waals surface area contributed by atoms with Crippen molar-refractivity contribution in [1.29, 1.82) is 0 Å². The molecule has 0 heterocycles. The maximum Gasteiger partial charge on any atom is 0.188 e. The van der Waals surface area contributed by atoms with Crippen LogP contribution in [0.25, 0.3) is 0 Å². The van der Waals surface area contributed by atoms with Gasteiger partial charge in [0.25, 0.3) is 0 Å². The second-order valence-corrected chi connectivity index (χ2v) is 5.13. The summed E-state index contributed by atoms with van der Waals surface area (Å²) in [6.45, 7) is 9.25. The first-order chi connectivity index (χ1) is 8.54. The van der Waals surface area contributed by atoms with E-state index in [9.17, 15) is 4.79 Å². The molecule has 2 heteroatoms. The molecule has 1 unspecified atom stereocenters. The number of hydrogen-bond acceptors (Lipinski definition) is 2. The number of ketones is 1. The fourth-order valence-electron chi connectivity index (χ4n) is 1.93. The van der Waals surface area contributed by atoms with E-state index in [0.717, 1.165) is 24.0 Å². The first kappa shape index (κ1) is 14.9. The zero-order valence-corrected chi connectivity index (χ0v) is 12.0. The molecule has 1 aromatic carbocycles. The molecule has 0 aromatic heterocycles. The van der Waals surface area contributed by atoms with Gasteiger partial charge in [0.2, 0.25) is 0 Å². The average molecular weight is 248 g/mol. The predicted octanol–water partition coefficient (Wildman–Crippen LogP) is 3.94. The van der Waals surface area contributed by atoms with Gasteiger partial charge in [0.05, 0.1) is 0 Å². The Balaban J connectivity index is 2.43. The van der Waals surface area contributed by atoms with E-state index in [-0.39, 0.29) is 12.4 Å². The molecule has 0 aliphatic carbocycles. The summed E-state index contributed by atoms with van der Waals surface area (Å²) in [5.74, 6) is 0.601. The Morgan fingerprint density at radius 1 is 1.28 bits per heavy atom. The number of carbonyl (C=O) groups is 1. The molecule has 0 N–H and O–H groups in total. The van der Waals surface area contributed by atoms with Gasteiger partial charge >= 0.3 is 0 Å². The molecule has 0 spiro atoms. The standard InChI is InChI=1S/C16H24O2/c1-5-6-12(2)10-18-11-16(17)15-8-7-13(3)14(4)9-15/h7-9,12H,5-6,10-11H2,1-4H3. The Labute approximate surface area is 110 Å². The lowest BCUT2D eigenvalue weighted by Gasteiger charge is -2.10. The van der Waals surface area contributed by atoms with Crippen molar-refractivity contribution in [2.45, 2.75) is 40.5 Å². The zero-order chi connectivity index (χ0) is 13.5. The molecular formula is C16H24O2. The number of hydrogen-bond donors (Lipinski definition) is 0. The summed E-state index contributed by atoms with van der Waals surface area (Å²) in [5.41, 5.74) is 3.12. The molecule has 0 amide bonds. The Morgan fingerprint density at radius 2 is 2.00 bits per heavy atom. The van der Waals surface area contributed by atoms with Crippen LogP contribution in [-0.4, -0.2) is 19.0 Å². The molecule has 0 aliphatic heterocycles. The van der Waals surface area contributed by atoms with E-state index >= 15 is 0 Å². The number of aryl methyl sites for hydroxylation is 2. The van der Waals surface area contributed by atoms with Crippen LogP contribution in [0, 0.1) is 19.8 Å². The van der Waals surface area contributed by atoms with Gasteiger partial charge in [-0.1, -0.05) is 32.4 Å². The van der Waals surface area contributed by atoms with Crippen LogP contribution in [0.1, 0.15) is 48.2 Å². The molecule has 0 fully saturated rings. The fraction of sp³-hybridized carbons (Fsp3) is 0.562. The lowest BCUT2D eigenvalue weighted by molar-refractivity contribution is 0.0683. The van der Waals surface area contributed by atoms with Crippen molar-refractivity contribution < 1.29 is 9.53 Å². The van der Waals surface area contributed by atoms with Crippen LogP contribution in [-0.2, 0) is 4.74 Å². The van der Waals surface area contributed by atoms with Crippen LogP contribution in [0.15, 0.2) is 18.2 Å². The Bertz CT molecular complexity index is 396. The summed E-state index contributed by atoms with van der Waals surface area (Å²) in [4.78, 5) is 11.9. The van der Waals surface area contributed by atoms with Crippen molar-refractivity contribution in [3.05, 3.63) is 34.9 Å². The Hall–Kier alpha value is -1.15. The largest absolute Gasteiger partial charge is 0.373 e. The van der Waals surface area contributed by atoms with Crippen molar-refractivity contribution in [3.8, 4) is 0 Å². The molecule has 18 heavy (non-hydrogen) atoms. The van der Waals surface area contributed by atoms with Gasteiger partial charge in [0.1, 0.15) is 6.61 Å². The molecule has 0 aliphatic rings. The number of carbonyl (C=O) groups excluding carboxylic acids is 1. The summed E-state index contributed by atoms with van der Waals surface area (Å²) < 4.78 is 5.48. The molecule has 2 nitrogen and oxygen atoms in total. The third kappa shape index (κ3) is 4.61. The molecule has 0 saturated carbocycles. The summed E-state index contributed by atoms with van der Waals surface area (Å²) in [6.07, 6.45) is 2.31. The number of benzene rings is 1. The highest BCUT2D eigenvalue weighted by atomic mass is 16.5. The zero-order valence-electron chi connectivity index (χ0n) is 12.0. The molecule has 1 aromatic rings.